The molecule has 6 amide bonds. The van der Waals surface area contributed by atoms with Crippen LogP contribution in [0.1, 0.15) is 93.1 Å². The summed E-state index contributed by atoms with van der Waals surface area (Å²) in [6.45, 7) is 13.7. The van der Waals surface area contributed by atoms with Crippen LogP contribution in [0.4, 0.5) is 0 Å². The average molecular weight is 812 g/mol. The number of imide groups is 2. The van der Waals surface area contributed by atoms with Crippen LogP contribution in [0.5, 0.6) is 5.75 Å². The van der Waals surface area contributed by atoms with Crippen molar-refractivity contribution in [1.29, 1.82) is 0 Å². The van der Waals surface area contributed by atoms with Crippen LogP contribution < -0.4 is 10.1 Å². The molecule has 0 bridgehead atoms. The highest BCUT2D eigenvalue weighted by Crippen LogP contribution is 2.28. The van der Waals surface area contributed by atoms with Crippen molar-refractivity contribution >= 4 is 41.4 Å². The first-order valence-corrected chi connectivity index (χ1v) is 20.4. The maximum Gasteiger partial charge on any atom is 0.302 e. The van der Waals surface area contributed by atoms with E-state index in [2.05, 4.69) is 19.2 Å². The molecule has 6 unspecified atom stereocenters. The summed E-state index contributed by atoms with van der Waals surface area (Å²) in [7, 11) is 4.57. The molecule has 1 aromatic rings. The number of hydrogen-bond acceptors (Lipinski definition) is 11. The van der Waals surface area contributed by atoms with E-state index in [1.54, 1.807) is 58.2 Å². The Labute approximate surface area is 343 Å². The van der Waals surface area contributed by atoms with E-state index >= 15 is 0 Å². The first-order valence-electron chi connectivity index (χ1n) is 20.4. The zero-order valence-electron chi connectivity index (χ0n) is 36.1. The molecule has 322 valence electrons. The monoisotopic (exact) mass is 811 g/mol. The lowest BCUT2D eigenvalue weighted by Gasteiger charge is -2.40. The summed E-state index contributed by atoms with van der Waals surface area (Å²) in [5.74, 6) is -4.34. The number of nitrogens with one attached hydrogen (secondary N) is 1. The molecule has 0 saturated carbocycles. The third kappa shape index (κ3) is 12.0. The Kier molecular flexibility index (Phi) is 17.6. The standard InChI is InChI=1S/C43H65N5O10/c1-12-13-14-26(4)21-27(5)41(54)45(9)34(22-31-16-18-33(57-11)19-17-31)39(52)44-40(53)38(29(7)58-30(8)49)46(10)37(25(2)3)43(56)47-24-32(50)23-35(47)42(55)48-28(6)15-20-36(48)51/h15-20,25-29,32,34-35,37-38,50H,12-14,21-24H2,1-11H3,(H,44,52,53)/t26?,27?,28?,29-,32?,34+,35?,37?,38+/m1/s1. The molecular formula is C43H65N5O10. The molecule has 0 spiro atoms. The molecule has 15 heteroatoms. The van der Waals surface area contributed by atoms with Gasteiger partial charge >= 0.3 is 5.97 Å². The highest BCUT2D eigenvalue weighted by atomic mass is 16.5. The fourth-order valence-electron chi connectivity index (χ4n) is 8.22. The van der Waals surface area contributed by atoms with Gasteiger partial charge in [0.05, 0.1) is 25.3 Å². The normalized spacial score (nSPS) is 21.0. The van der Waals surface area contributed by atoms with E-state index in [1.807, 2.05) is 6.92 Å². The first kappa shape index (κ1) is 47.7. The predicted molar refractivity (Wildman–Crippen MR) is 217 cm³/mol. The van der Waals surface area contributed by atoms with Gasteiger partial charge in [-0.15, -0.1) is 0 Å². The number of benzene rings is 1. The number of likely N-dealkylation sites (tertiary alicyclic amines) is 1. The minimum atomic E-state index is -1.41. The molecule has 9 atom stereocenters. The lowest BCUT2D eigenvalue weighted by atomic mass is 9.91. The first-order chi connectivity index (χ1) is 27.2. The van der Waals surface area contributed by atoms with E-state index in [-0.39, 0.29) is 25.3 Å². The van der Waals surface area contributed by atoms with Gasteiger partial charge in [0.15, 0.2) is 0 Å². The van der Waals surface area contributed by atoms with Crippen molar-refractivity contribution in [3.63, 3.8) is 0 Å². The number of methoxy groups -OCH3 is 1. The zero-order valence-corrected chi connectivity index (χ0v) is 36.1. The van der Waals surface area contributed by atoms with Crippen molar-refractivity contribution in [2.45, 2.75) is 136 Å². The molecule has 0 radical (unpaired) electrons. The molecule has 2 heterocycles. The molecule has 2 N–H and O–H groups in total. The molecule has 58 heavy (non-hydrogen) atoms. The maximum absolute atomic E-state index is 14.5. The lowest BCUT2D eigenvalue weighted by molar-refractivity contribution is -0.158. The summed E-state index contributed by atoms with van der Waals surface area (Å²) in [5.41, 5.74) is 0.710. The van der Waals surface area contributed by atoms with Crippen LogP contribution in [-0.4, -0.2) is 136 Å². The second kappa shape index (κ2) is 21.4. The number of ether oxygens (including phenoxy) is 2. The van der Waals surface area contributed by atoms with Crippen LogP contribution >= 0.6 is 0 Å². The largest absolute Gasteiger partial charge is 0.497 e. The van der Waals surface area contributed by atoms with Crippen molar-refractivity contribution in [2.24, 2.45) is 17.8 Å². The van der Waals surface area contributed by atoms with Crippen molar-refractivity contribution < 1.29 is 48.1 Å². The minimum Gasteiger partial charge on any atom is -0.497 e. The molecule has 15 nitrogen and oxygen atoms in total. The summed E-state index contributed by atoms with van der Waals surface area (Å²) in [5, 5.41) is 13.2. The molecule has 1 aromatic carbocycles. The summed E-state index contributed by atoms with van der Waals surface area (Å²) in [6, 6.07) is 1.69. The van der Waals surface area contributed by atoms with E-state index < -0.39 is 89.8 Å². The Hall–Kier alpha value is -4.63. The Morgan fingerprint density at radius 2 is 1.62 bits per heavy atom. The molecule has 0 aliphatic carbocycles. The summed E-state index contributed by atoms with van der Waals surface area (Å²) in [6.07, 6.45) is 4.31. The molecule has 2 aliphatic heterocycles. The van der Waals surface area contributed by atoms with Gasteiger partial charge in [-0.05, 0) is 56.8 Å². The van der Waals surface area contributed by atoms with Crippen molar-refractivity contribution in [3.8, 4) is 5.75 Å². The third-order valence-corrected chi connectivity index (χ3v) is 11.3. The highest BCUT2D eigenvalue weighted by Gasteiger charge is 2.48. The number of aliphatic hydroxyl groups is 1. The Morgan fingerprint density at radius 3 is 2.16 bits per heavy atom. The summed E-state index contributed by atoms with van der Waals surface area (Å²) >= 11 is 0. The minimum absolute atomic E-state index is 0.0664. The van der Waals surface area contributed by atoms with Gasteiger partial charge in [-0.1, -0.05) is 72.1 Å². The number of nitrogens with zero attached hydrogens (tertiary/aromatic N) is 4. The molecular weight excluding hydrogens is 746 g/mol. The number of aliphatic hydroxyl groups excluding tert-OH is 1. The molecule has 3 rings (SSSR count). The number of carbonyl (C=O) groups is 7. The van der Waals surface area contributed by atoms with Crippen molar-refractivity contribution in [3.05, 3.63) is 42.0 Å². The topological polar surface area (TPSA) is 183 Å². The van der Waals surface area contributed by atoms with Crippen molar-refractivity contribution in [1.82, 2.24) is 24.9 Å². The zero-order chi connectivity index (χ0) is 43.6. The smallest absolute Gasteiger partial charge is 0.302 e. The number of rotatable bonds is 19. The quantitative estimate of drug-likeness (QED) is 0.155. The number of carbonyl (C=O) groups excluding carboxylic acids is 7. The lowest BCUT2D eigenvalue weighted by Crippen LogP contribution is -2.63. The SMILES string of the molecule is CCCCC(C)CC(C)C(=O)N(C)[C@@H](Cc1ccc(OC)cc1)C(=O)NC(=O)[C@H]([C@@H](C)OC(C)=O)N(C)C(C(=O)N1CC(O)CC1C(=O)N1C(=O)C=CC1C)C(C)C. The highest BCUT2D eigenvalue weighted by molar-refractivity contribution is 6.06. The van der Waals surface area contributed by atoms with Gasteiger partial charge in [-0.25, -0.2) is 0 Å². The molecule has 1 saturated heterocycles. The number of likely N-dealkylation sites (N-methyl/N-ethyl adjacent to an activating group) is 2. The third-order valence-electron chi connectivity index (χ3n) is 11.3. The Bertz CT molecular complexity index is 1660. The molecule has 1 fully saturated rings. The summed E-state index contributed by atoms with van der Waals surface area (Å²) in [4.78, 5) is 101. The van der Waals surface area contributed by atoms with Crippen LogP contribution in [0.3, 0.4) is 0 Å². The second-order valence-corrected chi connectivity index (χ2v) is 16.4. The fraction of sp³-hybridized carbons (Fsp3) is 0.651. The Balaban J connectivity index is 1.96. The molecule has 2 aliphatic rings. The number of hydrogen-bond donors (Lipinski definition) is 2. The maximum atomic E-state index is 14.5. The van der Waals surface area contributed by atoms with Crippen LogP contribution in [0, 0.1) is 17.8 Å². The number of esters is 1. The van der Waals surface area contributed by atoms with E-state index in [4.69, 9.17) is 9.47 Å². The molecule has 0 aromatic heterocycles. The van der Waals surface area contributed by atoms with Crippen LogP contribution in [0.25, 0.3) is 0 Å². The van der Waals surface area contributed by atoms with E-state index in [9.17, 15) is 38.7 Å². The van der Waals surface area contributed by atoms with E-state index in [0.29, 0.717) is 23.7 Å². The Morgan fingerprint density at radius 1 is 0.983 bits per heavy atom. The van der Waals surface area contributed by atoms with Gasteiger partial charge in [-0.3, -0.25) is 48.7 Å². The average Bonchev–Trinajstić information content (AvgIpc) is 3.72. The fourth-order valence-corrected chi connectivity index (χ4v) is 8.22. The van der Waals surface area contributed by atoms with Gasteiger partial charge in [0, 0.05) is 45.4 Å². The number of unbranched alkanes of at least 4 members (excludes halogenated alkanes) is 1. The second-order valence-electron chi connectivity index (χ2n) is 16.4. The van der Waals surface area contributed by atoms with Crippen LogP contribution in [-0.2, 0) is 44.7 Å². The van der Waals surface area contributed by atoms with E-state index in [0.717, 1.165) is 24.2 Å². The van der Waals surface area contributed by atoms with Crippen molar-refractivity contribution in [2.75, 3.05) is 27.7 Å². The predicted octanol–water partition coefficient (Wildman–Crippen LogP) is 3.11. The number of amides is 6. The summed E-state index contributed by atoms with van der Waals surface area (Å²) < 4.78 is 10.8. The van der Waals surface area contributed by atoms with Gasteiger partial charge in [0.1, 0.15) is 30.0 Å². The van der Waals surface area contributed by atoms with Gasteiger partial charge in [-0.2, -0.15) is 0 Å². The number of β-amino-alcohol motifs (C(OH)–C–C–N with tert-alkyl or cyclic N) is 1. The van der Waals surface area contributed by atoms with E-state index in [1.165, 1.54) is 48.8 Å². The van der Waals surface area contributed by atoms with Crippen LogP contribution in [0.2, 0.25) is 0 Å². The van der Waals surface area contributed by atoms with Gasteiger partial charge < -0.3 is 24.4 Å². The van der Waals surface area contributed by atoms with Gasteiger partial charge in [0.2, 0.25) is 23.6 Å². The van der Waals surface area contributed by atoms with Gasteiger partial charge in [0.25, 0.3) is 11.8 Å². The van der Waals surface area contributed by atoms with Crippen LogP contribution in [0.15, 0.2) is 36.4 Å².